The SMILES string of the molecule is NC(Cc1ccc(F)c(Cl)c1)c1ccc(F)cc1Br. The number of rotatable bonds is 3. The van der Waals surface area contributed by atoms with Gasteiger partial charge in [-0.15, -0.1) is 0 Å². The molecule has 1 nitrogen and oxygen atoms in total. The second-order valence-electron chi connectivity index (χ2n) is 4.22. The Balaban J connectivity index is 2.20. The van der Waals surface area contributed by atoms with Crippen molar-refractivity contribution < 1.29 is 8.78 Å². The molecule has 1 atom stereocenters. The van der Waals surface area contributed by atoms with Crippen molar-refractivity contribution in [3.63, 3.8) is 0 Å². The van der Waals surface area contributed by atoms with Crippen LogP contribution in [0.5, 0.6) is 0 Å². The van der Waals surface area contributed by atoms with Crippen molar-refractivity contribution in [3.8, 4) is 0 Å². The molecule has 100 valence electrons. The summed E-state index contributed by atoms with van der Waals surface area (Å²) >= 11 is 9.00. The van der Waals surface area contributed by atoms with Gasteiger partial charge in [0.15, 0.2) is 0 Å². The van der Waals surface area contributed by atoms with Crippen molar-refractivity contribution in [1.29, 1.82) is 0 Å². The van der Waals surface area contributed by atoms with E-state index in [1.54, 1.807) is 18.2 Å². The van der Waals surface area contributed by atoms with Gasteiger partial charge >= 0.3 is 0 Å². The van der Waals surface area contributed by atoms with Crippen LogP contribution >= 0.6 is 27.5 Å². The molecule has 0 amide bonds. The van der Waals surface area contributed by atoms with Gasteiger partial charge in [-0.1, -0.05) is 39.7 Å². The third-order valence-electron chi connectivity index (χ3n) is 2.80. The Morgan fingerprint density at radius 2 is 1.89 bits per heavy atom. The standard InChI is InChI=1S/C14H11BrClF2N/c15-11-7-9(17)2-3-10(11)14(19)6-8-1-4-13(18)12(16)5-8/h1-5,7,14H,6,19H2. The summed E-state index contributed by atoms with van der Waals surface area (Å²) in [4.78, 5) is 0. The summed E-state index contributed by atoms with van der Waals surface area (Å²) in [5.41, 5.74) is 7.70. The zero-order chi connectivity index (χ0) is 14.0. The molecule has 2 rings (SSSR count). The molecule has 1 unspecified atom stereocenters. The maximum Gasteiger partial charge on any atom is 0.141 e. The maximum absolute atomic E-state index is 13.1. The Hall–Kier alpha value is -0.970. The van der Waals surface area contributed by atoms with Gasteiger partial charge in [0.05, 0.1) is 5.02 Å². The minimum absolute atomic E-state index is 0.0721. The first-order valence-corrected chi connectivity index (χ1v) is 6.79. The largest absolute Gasteiger partial charge is 0.324 e. The molecule has 0 saturated carbocycles. The Bertz CT molecular complexity index is 604. The molecule has 0 saturated heterocycles. The first kappa shape index (κ1) is 14.4. The number of hydrogen-bond donors (Lipinski definition) is 1. The summed E-state index contributed by atoms with van der Waals surface area (Å²) in [6.45, 7) is 0. The molecule has 0 fully saturated rings. The van der Waals surface area contributed by atoms with Gasteiger partial charge < -0.3 is 5.73 Å². The van der Waals surface area contributed by atoms with Crippen LogP contribution in [0.25, 0.3) is 0 Å². The molecular weight excluding hydrogens is 336 g/mol. The van der Waals surface area contributed by atoms with Crippen LogP contribution in [0.15, 0.2) is 40.9 Å². The van der Waals surface area contributed by atoms with Crippen LogP contribution in [0.4, 0.5) is 8.78 Å². The van der Waals surface area contributed by atoms with Crippen molar-refractivity contribution in [2.24, 2.45) is 5.73 Å². The number of hydrogen-bond acceptors (Lipinski definition) is 1. The minimum atomic E-state index is -0.457. The van der Waals surface area contributed by atoms with E-state index >= 15 is 0 Å². The lowest BCUT2D eigenvalue weighted by Crippen LogP contribution is -2.14. The highest BCUT2D eigenvalue weighted by Gasteiger charge is 2.12. The topological polar surface area (TPSA) is 26.0 Å². The van der Waals surface area contributed by atoms with Crippen LogP contribution in [0.2, 0.25) is 5.02 Å². The second-order valence-corrected chi connectivity index (χ2v) is 5.49. The van der Waals surface area contributed by atoms with Gasteiger partial charge in [-0.2, -0.15) is 0 Å². The summed E-state index contributed by atoms with van der Waals surface area (Å²) < 4.78 is 26.7. The molecule has 0 spiro atoms. The van der Waals surface area contributed by atoms with Gasteiger partial charge in [0.2, 0.25) is 0 Å². The van der Waals surface area contributed by atoms with Crippen LogP contribution in [0.3, 0.4) is 0 Å². The van der Waals surface area contributed by atoms with E-state index in [1.807, 2.05) is 0 Å². The van der Waals surface area contributed by atoms with Gasteiger partial charge in [0.1, 0.15) is 11.6 Å². The van der Waals surface area contributed by atoms with Gasteiger partial charge in [0.25, 0.3) is 0 Å². The molecule has 2 aromatic carbocycles. The first-order valence-electron chi connectivity index (χ1n) is 5.62. The number of benzene rings is 2. The third-order valence-corrected chi connectivity index (χ3v) is 3.78. The van der Waals surface area contributed by atoms with E-state index in [0.29, 0.717) is 10.9 Å². The predicted octanol–water partition coefficient (Wildman–Crippen LogP) is 4.62. The Morgan fingerprint density at radius 1 is 1.16 bits per heavy atom. The van der Waals surface area contributed by atoms with E-state index < -0.39 is 5.82 Å². The summed E-state index contributed by atoms with van der Waals surface area (Å²) in [7, 11) is 0. The molecule has 0 heterocycles. The maximum atomic E-state index is 13.1. The summed E-state index contributed by atoms with van der Waals surface area (Å²) in [5, 5.41) is 0.0721. The molecular formula is C14H11BrClF2N. The zero-order valence-electron chi connectivity index (χ0n) is 9.84. The zero-order valence-corrected chi connectivity index (χ0v) is 12.2. The van der Waals surface area contributed by atoms with Crippen LogP contribution in [-0.2, 0) is 6.42 Å². The van der Waals surface area contributed by atoms with E-state index in [4.69, 9.17) is 17.3 Å². The van der Waals surface area contributed by atoms with Crippen molar-refractivity contribution in [2.45, 2.75) is 12.5 Å². The van der Waals surface area contributed by atoms with Crippen molar-refractivity contribution in [1.82, 2.24) is 0 Å². The normalized spacial score (nSPS) is 12.5. The molecule has 0 aromatic heterocycles. The average Bonchev–Trinajstić information content (AvgIpc) is 2.33. The molecule has 19 heavy (non-hydrogen) atoms. The van der Waals surface area contributed by atoms with Gasteiger partial charge in [-0.3, -0.25) is 0 Å². The van der Waals surface area contributed by atoms with Crippen LogP contribution in [-0.4, -0.2) is 0 Å². The van der Waals surface area contributed by atoms with E-state index in [0.717, 1.165) is 11.1 Å². The quantitative estimate of drug-likeness (QED) is 0.862. The molecule has 0 aliphatic heterocycles. The lowest BCUT2D eigenvalue weighted by atomic mass is 10.00. The molecule has 2 N–H and O–H groups in total. The van der Waals surface area contributed by atoms with Crippen molar-refractivity contribution in [3.05, 3.63) is 68.7 Å². The lowest BCUT2D eigenvalue weighted by molar-refractivity contribution is 0.621. The third kappa shape index (κ3) is 3.53. The summed E-state index contributed by atoms with van der Waals surface area (Å²) in [6, 6.07) is 8.53. The highest BCUT2D eigenvalue weighted by Crippen LogP contribution is 2.26. The Morgan fingerprint density at radius 3 is 2.53 bits per heavy atom. The van der Waals surface area contributed by atoms with E-state index in [1.165, 1.54) is 18.2 Å². The average molecular weight is 347 g/mol. The van der Waals surface area contributed by atoms with Gasteiger partial charge in [-0.05, 0) is 41.8 Å². The summed E-state index contributed by atoms with van der Waals surface area (Å²) in [6.07, 6.45) is 0.490. The fraction of sp³-hybridized carbons (Fsp3) is 0.143. The Labute approximate surface area is 123 Å². The van der Waals surface area contributed by atoms with Gasteiger partial charge in [0, 0.05) is 10.5 Å². The first-order chi connectivity index (χ1) is 8.97. The highest BCUT2D eigenvalue weighted by atomic mass is 79.9. The predicted molar refractivity (Wildman–Crippen MR) is 76.1 cm³/mol. The molecule has 0 aliphatic rings. The Kier molecular flexibility index (Phi) is 4.55. The lowest BCUT2D eigenvalue weighted by Gasteiger charge is -2.14. The van der Waals surface area contributed by atoms with E-state index in [2.05, 4.69) is 15.9 Å². The van der Waals surface area contributed by atoms with Gasteiger partial charge in [-0.25, -0.2) is 8.78 Å². The van der Waals surface area contributed by atoms with Crippen molar-refractivity contribution in [2.75, 3.05) is 0 Å². The molecule has 0 bridgehead atoms. The monoisotopic (exact) mass is 345 g/mol. The molecule has 0 aliphatic carbocycles. The van der Waals surface area contributed by atoms with Crippen molar-refractivity contribution >= 4 is 27.5 Å². The van der Waals surface area contributed by atoms with Crippen LogP contribution in [0, 0.1) is 11.6 Å². The second kappa shape index (κ2) is 5.99. The van der Waals surface area contributed by atoms with E-state index in [9.17, 15) is 8.78 Å². The number of halogens is 4. The number of nitrogens with two attached hydrogens (primary N) is 1. The summed E-state index contributed by atoms with van der Waals surface area (Å²) in [5.74, 6) is -0.783. The fourth-order valence-electron chi connectivity index (χ4n) is 1.83. The van der Waals surface area contributed by atoms with Crippen LogP contribution in [0.1, 0.15) is 17.2 Å². The molecule has 2 aromatic rings. The van der Waals surface area contributed by atoms with E-state index in [-0.39, 0.29) is 16.9 Å². The minimum Gasteiger partial charge on any atom is -0.324 e. The molecule has 0 radical (unpaired) electrons. The highest BCUT2D eigenvalue weighted by molar-refractivity contribution is 9.10. The smallest absolute Gasteiger partial charge is 0.141 e. The molecule has 5 heteroatoms. The fourth-order valence-corrected chi connectivity index (χ4v) is 2.68. The van der Waals surface area contributed by atoms with Crippen LogP contribution < -0.4 is 5.73 Å².